The molecule has 1 saturated heterocycles. The van der Waals surface area contributed by atoms with E-state index < -0.39 is 0 Å². The minimum absolute atomic E-state index is 0.353. The zero-order valence-corrected chi connectivity index (χ0v) is 22.9. The maximum absolute atomic E-state index is 6.30. The largest absolute Gasteiger partial charge is 0.494 e. The molecule has 0 saturated carbocycles. The SMILES string of the molecule is CC1(C)OB(c2cccc(-c3ccc4cc(-c5cccc6sc7ccccc7c56)ccc4c3)c2)OC1(C)C. The van der Waals surface area contributed by atoms with E-state index >= 15 is 0 Å². The monoisotopic (exact) mass is 512 g/mol. The van der Waals surface area contributed by atoms with Crippen LogP contribution in [0.15, 0.2) is 103 Å². The predicted molar refractivity (Wildman–Crippen MR) is 163 cm³/mol. The lowest BCUT2D eigenvalue weighted by Gasteiger charge is -2.32. The first-order valence-electron chi connectivity index (χ1n) is 13.2. The van der Waals surface area contributed by atoms with Crippen LogP contribution in [0.25, 0.3) is 53.2 Å². The Morgan fingerprint density at radius 1 is 0.579 bits per heavy atom. The Hall–Kier alpha value is -3.44. The highest BCUT2D eigenvalue weighted by Gasteiger charge is 2.51. The number of thiophene rings is 1. The van der Waals surface area contributed by atoms with Crippen LogP contribution in [0.1, 0.15) is 27.7 Å². The van der Waals surface area contributed by atoms with Crippen molar-refractivity contribution in [2.24, 2.45) is 0 Å². The van der Waals surface area contributed by atoms with Gasteiger partial charge in [0.1, 0.15) is 0 Å². The Morgan fingerprint density at radius 3 is 2.00 bits per heavy atom. The van der Waals surface area contributed by atoms with Gasteiger partial charge in [-0.05, 0) is 90.4 Å². The van der Waals surface area contributed by atoms with Gasteiger partial charge in [-0.3, -0.25) is 0 Å². The van der Waals surface area contributed by atoms with Crippen molar-refractivity contribution in [2.75, 3.05) is 0 Å². The van der Waals surface area contributed by atoms with Crippen molar-refractivity contribution in [3.8, 4) is 22.3 Å². The molecule has 2 nitrogen and oxygen atoms in total. The Bertz CT molecular complexity index is 1830. The molecule has 1 fully saturated rings. The molecule has 7 rings (SSSR count). The average Bonchev–Trinajstić information content (AvgIpc) is 3.41. The fourth-order valence-electron chi connectivity index (χ4n) is 5.45. The summed E-state index contributed by atoms with van der Waals surface area (Å²) in [5.41, 5.74) is 5.24. The summed E-state index contributed by atoms with van der Waals surface area (Å²) < 4.78 is 15.3. The molecule has 0 N–H and O–H groups in total. The van der Waals surface area contributed by atoms with Crippen molar-refractivity contribution < 1.29 is 9.31 Å². The Morgan fingerprint density at radius 2 is 1.21 bits per heavy atom. The van der Waals surface area contributed by atoms with Crippen LogP contribution in [0.5, 0.6) is 0 Å². The lowest BCUT2D eigenvalue weighted by atomic mass is 9.78. The van der Waals surface area contributed by atoms with Gasteiger partial charge in [0.05, 0.1) is 11.2 Å². The summed E-state index contributed by atoms with van der Waals surface area (Å²) in [7, 11) is -0.362. The topological polar surface area (TPSA) is 18.5 Å². The summed E-state index contributed by atoms with van der Waals surface area (Å²) in [4.78, 5) is 0. The summed E-state index contributed by atoms with van der Waals surface area (Å²) in [6.45, 7) is 8.37. The zero-order chi connectivity index (χ0) is 26.1. The van der Waals surface area contributed by atoms with Crippen LogP contribution in [0, 0.1) is 0 Å². The van der Waals surface area contributed by atoms with Gasteiger partial charge in [-0.25, -0.2) is 0 Å². The fourth-order valence-corrected chi connectivity index (χ4v) is 6.58. The first-order chi connectivity index (χ1) is 18.3. The van der Waals surface area contributed by atoms with Crippen LogP contribution < -0.4 is 5.46 Å². The van der Waals surface area contributed by atoms with Gasteiger partial charge < -0.3 is 9.31 Å². The second-order valence-electron chi connectivity index (χ2n) is 11.3. The quantitative estimate of drug-likeness (QED) is 0.221. The number of benzene rings is 5. The summed E-state index contributed by atoms with van der Waals surface area (Å²) in [5.74, 6) is 0. The maximum atomic E-state index is 6.30. The average molecular weight is 512 g/mol. The first-order valence-corrected chi connectivity index (χ1v) is 14.0. The fraction of sp³-hybridized carbons (Fsp3) is 0.176. The van der Waals surface area contributed by atoms with Crippen LogP contribution in [0.3, 0.4) is 0 Å². The molecule has 1 aromatic heterocycles. The molecule has 0 amide bonds. The second kappa shape index (κ2) is 8.54. The highest BCUT2D eigenvalue weighted by molar-refractivity contribution is 7.25. The smallest absolute Gasteiger partial charge is 0.399 e. The molecule has 0 unspecified atom stereocenters. The van der Waals surface area contributed by atoms with E-state index in [1.54, 1.807) is 0 Å². The van der Waals surface area contributed by atoms with Gasteiger partial charge >= 0.3 is 7.12 Å². The highest BCUT2D eigenvalue weighted by Crippen LogP contribution is 2.41. The second-order valence-corrected chi connectivity index (χ2v) is 12.4. The molecule has 5 aromatic carbocycles. The predicted octanol–water partition coefficient (Wildman–Crippen LogP) is 8.84. The van der Waals surface area contributed by atoms with Crippen LogP contribution in [-0.2, 0) is 9.31 Å². The Kier molecular flexibility index (Phi) is 5.32. The van der Waals surface area contributed by atoms with Crippen molar-refractivity contribution in [1.82, 2.24) is 0 Å². The summed E-state index contributed by atoms with van der Waals surface area (Å²) in [5, 5.41) is 5.16. The van der Waals surface area contributed by atoms with Gasteiger partial charge in [0.2, 0.25) is 0 Å². The van der Waals surface area contributed by atoms with E-state index in [9.17, 15) is 0 Å². The third-order valence-electron chi connectivity index (χ3n) is 8.30. The van der Waals surface area contributed by atoms with Gasteiger partial charge in [-0.1, -0.05) is 78.9 Å². The number of rotatable bonds is 3. The molecule has 1 aliphatic rings. The van der Waals surface area contributed by atoms with E-state index in [4.69, 9.17) is 9.31 Å². The van der Waals surface area contributed by atoms with Crippen LogP contribution >= 0.6 is 11.3 Å². The normalized spacial score (nSPS) is 16.6. The molecule has 1 aliphatic heterocycles. The Labute approximate surface area is 228 Å². The standard InChI is InChI=1S/C34H29BO2S/c1-33(2)34(3,4)37-35(36-33)27-10-7-9-22(21-27)23-15-16-25-20-26(18-17-24(25)19-23)28-12-8-14-31-32(28)29-11-5-6-13-30(29)38-31/h5-21H,1-4H3. The lowest BCUT2D eigenvalue weighted by Crippen LogP contribution is -2.41. The minimum atomic E-state index is -0.362. The molecule has 0 bridgehead atoms. The molecule has 6 aromatic rings. The number of fused-ring (bicyclic) bond motifs is 4. The molecule has 0 atom stereocenters. The van der Waals surface area contributed by atoms with E-state index in [2.05, 4.69) is 131 Å². The number of hydrogen-bond donors (Lipinski definition) is 0. The third kappa shape index (κ3) is 3.79. The van der Waals surface area contributed by atoms with Crippen LogP contribution in [-0.4, -0.2) is 18.3 Å². The molecule has 0 spiro atoms. The Balaban J connectivity index is 1.25. The molecular formula is C34H29BO2S. The van der Waals surface area contributed by atoms with E-state index in [1.807, 2.05) is 11.3 Å². The maximum Gasteiger partial charge on any atom is 0.494 e. The first kappa shape index (κ1) is 23.7. The molecular weight excluding hydrogens is 483 g/mol. The van der Waals surface area contributed by atoms with Gasteiger partial charge in [-0.2, -0.15) is 0 Å². The van der Waals surface area contributed by atoms with Crippen molar-refractivity contribution in [3.63, 3.8) is 0 Å². The number of hydrogen-bond acceptors (Lipinski definition) is 3. The molecule has 2 heterocycles. The lowest BCUT2D eigenvalue weighted by molar-refractivity contribution is 0.00578. The van der Waals surface area contributed by atoms with Gasteiger partial charge in [0, 0.05) is 20.2 Å². The summed E-state index contributed by atoms with van der Waals surface area (Å²) in [6.07, 6.45) is 0. The van der Waals surface area contributed by atoms with E-state index in [0.717, 1.165) is 11.0 Å². The molecule has 4 heteroatoms. The van der Waals surface area contributed by atoms with Gasteiger partial charge in [0.15, 0.2) is 0 Å². The highest BCUT2D eigenvalue weighted by atomic mass is 32.1. The molecule has 0 radical (unpaired) electrons. The van der Waals surface area contributed by atoms with Crippen LogP contribution in [0.4, 0.5) is 0 Å². The zero-order valence-electron chi connectivity index (χ0n) is 22.1. The van der Waals surface area contributed by atoms with E-state index in [0.29, 0.717) is 0 Å². The van der Waals surface area contributed by atoms with Crippen molar-refractivity contribution in [2.45, 2.75) is 38.9 Å². The molecule has 0 aliphatic carbocycles. The van der Waals surface area contributed by atoms with Crippen molar-refractivity contribution >= 4 is 54.9 Å². The minimum Gasteiger partial charge on any atom is -0.399 e. The van der Waals surface area contributed by atoms with Crippen molar-refractivity contribution in [3.05, 3.63) is 103 Å². The van der Waals surface area contributed by atoms with Crippen LogP contribution in [0.2, 0.25) is 0 Å². The van der Waals surface area contributed by atoms with Gasteiger partial charge in [-0.15, -0.1) is 11.3 Å². The molecule has 186 valence electrons. The van der Waals surface area contributed by atoms with Gasteiger partial charge in [0.25, 0.3) is 0 Å². The van der Waals surface area contributed by atoms with Crippen molar-refractivity contribution in [1.29, 1.82) is 0 Å². The van der Waals surface area contributed by atoms with E-state index in [-0.39, 0.29) is 18.3 Å². The third-order valence-corrected chi connectivity index (χ3v) is 9.44. The molecule has 38 heavy (non-hydrogen) atoms. The van der Waals surface area contributed by atoms with E-state index in [1.165, 1.54) is 47.6 Å². The summed E-state index contributed by atoms with van der Waals surface area (Å²) >= 11 is 1.87. The summed E-state index contributed by atoms with van der Waals surface area (Å²) in [6, 6.07) is 37.5.